The van der Waals surface area contributed by atoms with E-state index in [0.29, 0.717) is 10.6 Å². The summed E-state index contributed by atoms with van der Waals surface area (Å²) in [4.78, 5) is 5.58. The van der Waals surface area contributed by atoms with E-state index in [2.05, 4.69) is 10.3 Å². The van der Waals surface area contributed by atoms with Crippen LogP contribution in [-0.4, -0.2) is 11.5 Å². The monoisotopic (exact) mass is 284 g/mol. The number of nitrogens with zero attached hydrogens (tertiary/aromatic N) is 1. The van der Waals surface area contributed by atoms with Gasteiger partial charge in [0.05, 0.1) is 11.3 Å². The van der Waals surface area contributed by atoms with Crippen molar-refractivity contribution in [3.05, 3.63) is 40.4 Å². The van der Waals surface area contributed by atoms with Crippen molar-refractivity contribution < 1.29 is 13.2 Å². The summed E-state index contributed by atoms with van der Waals surface area (Å²) in [5, 5.41) is 3.90. The Morgan fingerprint density at radius 1 is 1.26 bits per heavy atom. The van der Waals surface area contributed by atoms with E-state index in [1.807, 2.05) is 0 Å². The summed E-state index contributed by atoms with van der Waals surface area (Å²) in [6.07, 6.45) is -3.47. The first-order valence-corrected chi connectivity index (χ1v) is 6.72. The second-order valence-electron chi connectivity index (χ2n) is 4.39. The summed E-state index contributed by atoms with van der Waals surface area (Å²) >= 11 is 1.47. The van der Waals surface area contributed by atoms with E-state index < -0.39 is 11.7 Å². The number of hydrogen-bond donors (Lipinski definition) is 1. The van der Waals surface area contributed by atoms with Gasteiger partial charge in [0, 0.05) is 30.0 Å². The molecule has 2 heterocycles. The molecule has 0 bridgehead atoms. The molecule has 0 radical (unpaired) electrons. The van der Waals surface area contributed by atoms with Crippen LogP contribution in [0.1, 0.15) is 16.1 Å². The number of halogens is 3. The number of fused-ring (bicyclic) bond motifs is 1. The van der Waals surface area contributed by atoms with Gasteiger partial charge >= 0.3 is 6.18 Å². The smallest absolute Gasteiger partial charge is 0.311 e. The van der Waals surface area contributed by atoms with Gasteiger partial charge in [-0.1, -0.05) is 12.1 Å². The number of nitrogens with one attached hydrogen (secondary N) is 1. The van der Waals surface area contributed by atoms with E-state index in [0.717, 1.165) is 42.2 Å². The molecule has 0 unspecified atom stereocenters. The van der Waals surface area contributed by atoms with Gasteiger partial charge in [0.2, 0.25) is 0 Å². The minimum absolute atomic E-state index is 0.536. The average Bonchev–Trinajstić information content (AvgIpc) is 2.81. The molecule has 0 aliphatic carbocycles. The lowest BCUT2D eigenvalue weighted by Crippen LogP contribution is -2.22. The molecule has 2 aromatic rings. The van der Waals surface area contributed by atoms with Crippen molar-refractivity contribution >= 4 is 11.3 Å². The van der Waals surface area contributed by atoms with Gasteiger partial charge < -0.3 is 5.32 Å². The van der Waals surface area contributed by atoms with Gasteiger partial charge in [0.15, 0.2) is 0 Å². The Kier molecular flexibility index (Phi) is 3.06. The van der Waals surface area contributed by atoms with Crippen LogP contribution in [0.25, 0.3) is 10.6 Å². The largest absolute Gasteiger partial charge is 0.416 e. The predicted octanol–water partition coefficient (Wildman–Crippen LogP) is 3.47. The van der Waals surface area contributed by atoms with Gasteiger partial charge in [-0.15, -0.1) is 11.3 Å². The Morgan fingerprint density at radius 3 is 2.84 bits per heavy atom. The summed E-state index contributed by atoms with van der Waals surface area (Å²) in [6.45, 7) is 1.63. The summed E-state index contributed by atoms with van der Waals surface area (Å²) in [5.74, 6) is 0. The molecule has 1 aromatic carbocycles. The van der Waals surface area contributed by atoms with E-state index in [4.69, 9.17) is 0 Å². The SMILES string of the molecule is FC(F)(F)c1cccc(-c2nc3c(s2)CNCC3)c1. The zero-order chi connectivity index (χ0) is 13.5. The van der Waals surface area contributed by atoms with Gasteiger partial charge in [-0.2, -0.15) is 13.2 Å². The summed E-state index contributed by atoms with van der Waals surface area (Å²) in [5.41, 5.74) is 0.918. The molecule has 0 fully saturated rings. The predicted molar refractivity (Wildman–Crippen MR) is 68.0 cm³/mol. The third-order valence-corrected chi connectivity index (χ3v) is 4.19. The quantitative estimate of drug-likeness (QED) is 0.867. The highest BCUT2D eigenvalue weighted by atomic mass is 32.1. The third kappa shape index (κ3) is 2.50. The molecule has 100 valence electrons. The lowest BCUT2D eigenvalue weighted by Gasteiger charge is -2.09. The highest BCUT2D eigenvalue weighted by Gasteiger charge is 2.30. The van der Waals surface area contributed by atoms with Gasteiger partial charge in [-0.05, 0) is 12.1 Å². The van der Waals surface area contributed by atoms with Crippen molar-refractivity contribution in [2.24, 2.45) is 0 Å². The maximum Gasteiger partial charge on any atom is 0.416 e. The zero-order valence-corrected chi connectivity index (χ0v) is 10.7. The van der Waals surface area contributed by atoms with Crippen LogP contribution < -0.4 is 5.32 Å². The van der Waals surface area contributed by atoms with Gasteiger partial charge in [0.25, 0.3) is 0 Å². The van der Waals surface area contributed by atoms with Crippen LogP contribution >= 0.6 is 11.3 Å². The van der Waals surface area contributed by atoms with Gasteiger partial charge in [0.1, 0.15) is 5.01 Å². The minimum atomic E-state index is -4.31. The molecule has 0 saturated carbocycles. The lowest BCUT2D eigenvalue weighted by molar-refractivity contribution is -0.137. The van der Waals surface area contributed by atoms with Crippen molar-refractivity contribution in [2.45, 2.75) is 19.1 Å². The second-order valence-corrected chi connectivity index (χ2v) is 5.48. The number of rotatable bonds is 1. The van der Waals surface area contributed by atoms with Crippen LogP contribution in [0.15, 0.2) is 24.3 Å². The maximum absolute atomic E-state index is 12.7. The molecule has 3 rings (SSSR count). The van der Waals surface area contributed by atoms with Crippen molar-refractivity contribution in [1.82, 2.24) is 10.3 Å². The van der Waals surface area contributed by atoms with Crippen LogP contribution in [0.4, 0.5) is 13.2 Å². The molecule has 0 saturated heterocycles. The van der Waals surface area contributed by atoms with Crippen molar-refractivity contribution in [3.63, 3.8) is 0 Å². The average molecular weight is 284 g/mol. The summed E-state index contributed by atoms with van der Waals surface area (Å²) < 4.78 is 38.1. The van der Waals surface area contributed by atoms with Crippen LogP contribution in [0, 0.1) is 0 Å². The fourth-order valence-electron chi connectivity index (χ4n) is 2.08. The first kappa shape index (κ1) is 12.6. The lowest BCUT2D eigenvalue weighted by atomic mass is 10.1. The van der Waals surface area contributed by atoms with E-state index in [-0.39, 0.29) is 0 Å². The standard InChI is InChI=1S/C13H11F3N2S/c14-13(15,16)9-3-1-2-8(6-9)12-18-10-4-5-17-7-11(10)19-12/h1-3,6,17H,4-5,7H2. The molecular weight excluding hydrogens is 273 g/mol. The Morgan fingerprint density at radius 2 is 2.11 bits per heavy atom. The fraction of sp³-hybridized carbons (Fsp3) is 0.308. The highest BCUT2D eigenvalue weighted by molar-refractivity contribution is 7.15. The Bertz CT molecular complexity index is 581. The van der Waals surface area contributed by atoms with Gasteiger partial charge in [-0.25, -0.2) is 4.98 Å². The third-order valence-electron chi connectivity index (χ3n) is 3.04. The first-order valence-electron chi connectivity index (χ1n) is 5.91. The molecule has 1 aliphatic heterocycles. The van der Waals surface area contributed by atoms with Crippen LogP contribution in [0.3, 0.4) is 0 Å². The van der Waals surface area contributed by atoms with Crippen LogP contribution in [0.5, 0.6) is 0 Å². The summed E-state index contributed by atoms with van der Waals surface area (Å²) in [7, 11) is 0. The number of aromatic nitrogens is 1. The Labute approximate surface area is 112 Å². The van der Waals surface area contributed by atoms with Crippen molar-refractivity contribution in [3.8, 4) is 10.6 Å². The van der Waals surface area contributed by atoms with E-state index in [9.17, 15) is 13.2 Å². The molecule has 0 atom stereocenters. The second kappa shape index (κ2) is 4.61. The van der Waals surface area contributed by atoms with Crippen LogP contribution in [-0.2, 0) is 19.1 Å². The molecule has 0 amide bonds. The fourth-order valence-corrected chi connectivity index (χ4v) is 3.15. The minimum Gasteiger partial charge on any atom is -0.311 e. The molecular formula is C13H11F3N2S. The topological polar surface area (TPSA) is 24.9 Å². The van der Waals surface area contributed by atoms with Crippen molar-refractivity contribution in [2.75, 3.05) is 6.54 Å². The Hall–Kier alpha value is -1.40. The number of thiazole rings is 1. The number of alkyl halides is 3. The molecule has 0 spiro atoms. The van der Waals surface area contributed by atoms with E-state index in [1.54, 1.807) is 6.07 Å². The molecule has 1 aliphatic rings. The maximum atomic E-state index is 12.7. The first-order chi connectivity index (χ1) is 9.04. The highest BCUT2D eigenvalue weighted by Crippen LogP contribution is 2.34. The van der Waals surface area contributed by atoms with E-state index >= 15 is 0 Å². The molecule has 1 N–H and O–H groups in total. The molecule has 19 heavy (non-hydrogen) atoms. The number of benzene rings is 1. The molecule has 1 aromatic heterocycles. The van der Waals surface area contributed by atoms with Crippen molar-refractivity contribution in [1.29, 1.82) is 0 Å². The Balaban J connectivity index is 2.00. The zero-order valence-electron chi connectivity index (χ0n) is 9.92. The summed E-state index contributed by atoms with van der Waals surface area (Å²) in [6, 6.07) is 5.35. The van der Waals surface area contributed by atoms with Gasteiger partial charge in [-0.3, -0.25) is 0 Å². The number of hydrogen-bond acceptors (Lipinski definition) is 3. The van der Waals surface area contributed by atoms with E-state index in [1.165, 1.54) is 17.4 Å². The molecule has 6 heteroatoms. The normalized spacial score (nSPS) is 15.3. The molecule has 2 nitrogen and oxygen atoms in total. The van der Waals surface area contributed by atoms with Crippen LogP contribution in [0.2, 0.25) is 0 Å².